The molecule has 0 radical (unpaired) electrons. The van der Waals surface area contributed by atoms with Crippen LogP contribution in [0.3, 0.4) is 0 Å². The molecule has 8 nitrogen and oxygen atoms in total. The second-order valence-corrected chi connectivity index (χ2v) is 4.43. The Hall–Kier alpha value is -2.22. The van der Waals surface area contributed by atoms with Gasteiger partial charge in [0, 0.05) is 7.05 Å². The smallest absolute Gasteiger partial charge is 0.358 e. The quantitative estimate of drug-likeness (QED) is 0.757. The van der Waals surface area contributed by atoms with Crippen LogP contribution in [0.2, 0.25) is 0 Å². The summed E-state index contributed by atoms with van der Waals surface area (Å²) in [5, 5.41) is 16.8. The molecule has 2 heterocycles. The molecule has 1 aliphatic rings. The lowest BCUT2D eigenvalue weighted by atomic mass is 10.0. The predicted molar refractivity (Wildman–Crippen MR) is 67.5 cm³/mol. The summed E-state index contributed by atoms with van der Waals surface area (Å²) in [7, 11) is 2.98. The monoisotopic (exact) mass is 281 g/mol. The first-order chi connectivity index (χ1) is 9.54. The number of carboxylic acid groups (broad SMARTS) is 1. The molecule has 1 aromatic rings. The molecule has 2 unspecified atom stereocenters. The van der Waals surface area contributed by atoms with Crippen molar-refractivity contribution in [2.75, 3.05) is 32.3 Å². The number of hydrogen-bond acceptors (Lipinski definition) is 7. The molecule has 1 aromatic heterocycles. The van der Waals surface area contributed by atoms with Crippen LogP contribution in [0.1, 0.15) is 10.5 Å². The summed E-state index contributed by atoms with van der Waals surface area (Å²) in [5.74, 6) is -1.61. The van der Waals surface area contributed by atoms with E-state index >= 15 is 0 Å². The number of methoxy groups -OCH3 is 1. The Bertz CT molecular complexity index is 504. The van der Waals surface area contributed by atoms with Gasteiger partial charge in [0.1, 0.15) is 5.92 Å². The van der Waals surface area contributed by atoms with E-state index in [1.165, 1.54) is 13.2 Å². The zero-order valence-corrected chi connectivity index (χ0v) is 11.1. The van der Waals surface area contributed by atoms with Gasteiger partial charge < -0.3 is 19.5 Å². The van der Waals surface area contributed by atoms with E-state index in [-0.39, 0.29) is 18.3 Å². The minimum atomic E-state index is -0.904. The number of carbonyl (C=O) groups is 2. The molecule has 0 spiro atoms. The Kier molecular flexibility index (Phi) is 4.14. The van der Waals surface area contributed by atoms with Crippen LogP contribution in [-0.4, -0.2) is 60.7 Å². The highest BCUT2D eigenvalue weighted by atomic mass is 16.5. The molecule has 2 rings (SSSR count). The highest BCUT2D eigenvalue weighted by molar-refractivity contribution is 5.87. The third-order valence-electron chi connectivity index (χ3n) is 3.27. The summed E-state index contributed by atoms with van der Waals surface area (Å²) in [6.07, 6.45) is 0. The third kappa shape index (κ3) is 2.69. The van der Waals surface area contributed by atoms with Crippen molar-refractivity contribution in [3.8, 4) is 0 Å². The molecule has 20 heavy (non-hydrogen) atoms. The number of aliphatic carboxylic acids is 1. The average Bonchev–Trinajstić information content (AvgIpc) is 2.95. The molecule has 0 saturated carbocycles. The summed E-state index contributed by atoms with van der Waals surface area (Å²) in [6, 6.07) is 2.76. The molecule has 0 aromatic carbocycles. The van der Waals surface area contributed by atoms with Crippen LogP contribution in [0.5, 0.6) is 0 Å². The van der Waals surface area contributed by atoms with Gasteiger partial charge in [-0.3, -0.25) is 4.79 Å². The van der Waals surface area contributed by atoms with Crippen molar-refractivity contribution in [1.29, 1.82) is 0 Å². The maximum Gasteiger partial charge on any atom is 0.358 e. The van der Waals surface area contributed by atoms with Crippen molar-refractivity contribution in [2.24, 2.45) is 5.92 Å². The van der Waals surface area contributed by atoms with Crippen molar-refractivity contribution in [1.82, 2.24) is 10.2 Å². The van der Waals surface area contributed by atoms with Gasteiger partial charge in [0.05, 0.1) is 26.4 Å². The number of carbonyl (C=O) groups excluding carboxylic acids is 1. The van der Waals surface area contributed by atoms with Gasteiger partial charge in [-0.15, -0.1) is 10.2 Å². The van der Waals surface area contributed by atoms with Crippen molar-refractivity contribution in [2.45, 2.75) is 6.04 Å². The molecule has 108 valence electrons. The van der Waals surface area contributed by atoms with Crippen LogP contribution in [-0.2, 0) is 14.3 Å². The highest BCUT2D eigenvalue weighted by Crippen LogP contribution is 2.22. The number of rotatable bonds is 4. The maximum atomic E-state index is 11.3. The van der Waals surface area contributed by atoms with Crippen molar-refractivity contribution in [3.63, 3.8) is 0 Å². The fraction of sp³-hybridized carbons (Fsp3) is 0.500. The molecule has 0 aliphatic carbocycles. The van der Waals surface area contributed by atoms with Gasteiger partial charge in [-0.1, -0.05) is 0 Å². The molecular formula is C12H15N3O5. The zero-order valence-electron chi connectivity index (χ0n) is 11.1. The van der Waals surface area contributed by atoms with E-state index in [1.807, 2.05) is 0 Å². The van der Waals surface area contributed by atoms with Gasteiger partial charge in [-0.25, -0.2) is 4.79 Å². The van der Waals surface area contributed by atoms with E-state index in [0.717, 1.165) is 0 Å². The predicted octanol–water partition coefficient (Wildman–Crippen LogP) is -0.201. The third-order valence-corrected chi connectivity index (χ3v) is 3.27. The van der Waals surface area contributed by atoms with Crippen molar-refractivity contribution < 1.29 is 24.2 Å². The Morgan fingerprint density at radius 1 is 1.40 bits per heavy atom. The summed E-state index contributed by atoms with van der Waals surface area (Å²) < 4.78 is 9.74. The molecule has 1 N–H and O–H groups in total. The van der Waals surface area contributed by atoms with Crippen LogP contribution in [0, 0.1) is 5.92 Å². The standard InChI is InChI=1S/C12H15N3O5/c1-15(9-6-20-5-7(9)11(16)17)10-4-3-8(13-14-10)12(18)19-2/h3-4,7,9H,5-6H2,1-2H3,(H,16,17). The van der Waals surface area contributed by atoms with Crippen molar-refractivity contribution >= 4 is 17.8 Å². The summed E-state index contributed by atoms with van der Waals surface area (Å²) >= 11 is 0. The van der Waals surface area contributed by atoms with Gasteiger partial charge >= 0.3 is 11.9 Å². The van der Waals surface area contributed by atoms with E-state index in [2.05, 4.69) is 14.9 Å². The largest absolute Gasteiger partial charge is 0.481 e. The van der Waals surface area contributed by atoms with Crippen LogP contribution in [0.4, 0.5) is 5.82 Å². The summed E-state index contributed by atoms with van der Waals surface area (Å²) in [6.45, 7) is 0.492. The lowest BCUT2D eigenvalue weighted by Gasteiger charge is -2.26. The summed E-state index contributed by atoms with van der Waals surface area (Å²) in [5.41, 5.74) is 0.0992. The number of hydrogen-bond donors (Lipinski definition) is 1. The van der Waals surface area contributed by atoms with Crippen LogP contribution in [0.15, 0.2) is 12.1 Å². The van der Waals surface area contributed by atoms with Gasteiger partial charge in [0.15, 0.2) is 11.5 Å². The van der Waals surface area contributed by atoms with Crippen molar-refractivity contribution in [3.05, 3.63) is 17.8 Å². The topological polar surface area (TPSA) is 102 Å². The normalized spacial score (nSPS) is 21.5. The second kappa shape index (κ2) is 5.83. The number of ether oxygens (including phenoxy) is 2. The molecule has 0 amide bonds. The number of nitrogens with zero attached hydrogens (tertiary/aromatic N) is 3. The van der Waals surface area contributed by atoms with E-state index in [4.69, 9.17) is 9.84 Å². The van der Waals surface area contributed by atoms with E-state index in [0.29, 0.717) is 12.4 Å². The SMILES string of the molecule is COC(=O)c1ccc(N(C)C2COCC2C(=O)O)nn1. The van der Waals surface area contributed by atoms with E-state index < -0.39 is 17.9 Å². The minimum absolute atomic E-state index is 0.0992. The first-order valence-corrected chi connectivity index (χ1v) is 6.00. The molecule has 1 saturated heterocycles. The van der Waals surface area contributed by atoms with E-state index in [1.54, 1.807) is 18.0 Å². The Morgan fingerprint density at radius 3 is 2.70 bits per heavy atom. The number of likely N-dealkylation sites (N-methyl/N-ethyl adjacent to an activating group) is 1. The van der Waals surface area contributed by atoms with Gasteiger partial charge in [-0.2, -0.15) is 0 Å². The summed E-state index contributed by atoms with van der Waals surface area (Å²) in [4.78, 5) is 24.1. The molecule has 2 atom stereocenters. The van der Waals surface area contributed by atoms with Gasteiger partial charge in [-0.05, 0) is 12.1 Å². The maximum absolute atomic E-state index is 11.3. The Labute approximate surface area is 115 Å². The van der Waals surface area contributed by atoms with Crippen LogP contribution in [0.25, 0.3) is 0 Å². The van der Waals surface area contributed by atoms with Crippen LogP contribution < -0.4 is 4.90 Å². The first kappa shape index (κ1) is 14.2. The molecule has 1 fully saturated rings. The molecular weight excluding hydrogens is 266 g/mol. The lowest BCUT2D eigenvalue weighted by molar-refractivity contribution is -0.141. The average molecular weight is 281 g/mol. The van der Waals surface area contributed by atoms with Gasteiger partial charge in [0.25, 0.3) is 0 Å². The molecule has 1 aliphatic heterocycles. The number of carboxylic acids is 1. The molecule has 8 heteroatoms. The Morgan fingerprint density at radius 2 is 2.15 bits per heavy atom. The van der Waals surface area contributed by atoms with E-state index in [9.17, 15) is 9.59 Å². The Balaban J connectivity index is 2.14. The molecule has 0 bridgehead atoms. The zero-order chi connectivity index (χ0) is 14.7. The number of esters is 1. The van der Waals surface area contributed by atoms with Crippen LogP contribution >= 0.6 is 0 Å². The first-order valence-electron chi connectivity index (χ1n) is 6.00. The van der Waals surface area contributed by atoms with Gasteiger partial charge in [0.2, 0.25) is 0 Å². The second-order valence-electron chi connectivity index (χ2n) is 4.43. The lowest BCUT2D eigenvalue weighted by Crippen LogP contribution is -2.41. The highest BCUT2D eigenvalue weighted by Gasteiger charge is 2.37. The number of anilines is 1. The fourth-order valence-electron chi connectivity index (χ4n) is 2.06. The number of aromatic nitrogens is 2. The fourth-order valence-corrected chi connectivity index (χ4v) is 2.06. The minimum Gasteiger partial charge on any atom is -0.481 e.